The third kappa shape index (κ3) is 4.03. The molecule has 1 fully saturated rings. The van der Waals surface area contributed by atoms with E-state index in [2.05, 4.69) is 5.32 Å². The first kappa shape index (κ1) is 18.4. The zero-order valence-corrected chi connectivity index (χ0v) is 15.5. The van der Waals surface area contributed by atoms with Gasteiger partial charge in [-0.3, -0.25) is 4.79 Å². The number of likely N-dealkylation sites (tertiary alicyclic amines) is 1. The molecule has 26 heavy (non-hydrogen) atoms. The van der Waals surface area contributed by atoms with Crippen molar-refractivity contribution in [3.05, 3.63) is 23.8 Å². The highest BCUT2D eigenvalue weighted by Gasteiger charge is 2.29. The standard InChI is InChI=1S/C19H27N3O4/c1-3-21-12-14(10-17(21)23)11-20-19(24)22-8-5-9-26-18-15(13-22)6-4-7-16(18)25-2/h4,6-7,14H,3,5,8-13H2,1-2H3,(H,20,24)/t14-/m0/s1. The van der Waals surface area contributed by atoms with Crippen molar-refractivity contribution in [2.75, 3.05) is 39.9 Å². The van der Waals surface area contributed by atoms with Crippen molar-refractivity contribution < 1.29 is 19.1 Å². The summed E-state index contributed by atoms with van der Waals surface area (Å²) in [6, 6.07) is 5.63. The highest BCUT2D eigenvalue weighted by Crippen LogP contribution is 2.33. The molecular formula is C19H27N3O4. The summed E-state index contributed by atoms with van der Waals surface area (Å²) in [6.07, 6.45) is 1.28. The van der Waals surface area contributed by atoms with Gasteiger partial charge in [0.1, 0.15) is 0 Å². The molecule has 142 valence electrons. The van der Waals surface area contributed by atoms with Crippen molar-refractivity contribution in [1.82, 2.24) is 15.1 Å². The number of nitrogens with zero attached hydrogens (tertiary/aromatic N) is 2. The van der Waals surface area contributed by atoms with E-state index >= 15 is 0 Å². The fourth-order valence-electron chi connectivity index (χ4n) is 3.54. The molecule has 0 spiro atoms. The van der Waals surface area contributed by atoms with Gasteiger partial charge in [0.25, 0.3) is 0 Å². The van der Waals surface area contributed by atoms with Crippen LogP contribution in [-0.2, 0) is 11.3 Å². The number of carbonyl (C=O) groups excluding carboxylic acids is 2. The molecule has 3 amide bonds. The van der Waals surface area contributed by atoms with E-state index < -0.39 is 0 Å². The molecular weight excluding hydrogens is 334 g/mol. The van der Waals surface area contributed by atoms with E-state index in [-0.39, 0.29) is 17.9 Å². The first-order chi connectivity index (χ1) is 12.6. The first-order valence-corrected chi connectivity index (χ1v) is 9.21. The molecule has 0 bridgehead atoms. The minimum atomic E-state index is -0.0944. The van der Waals surface area contributed by atoms with Gasteiger partial charge in [-0.25, -0.2) is 4.79 Å². The van der Waals surface area contributed by atoms with Crippen molar-refractivity contribution in [3.8, 4) is 11.5 Å². The molecule has 2 aliphatic rings. The van der Waals surface area contributed by atoms with Gasteiger partial charge in [0.2, 0.25) is 5.91 Å². The maximum Gasteiger partial charge on any atom is 0.317 e. The maximum absolute atomic E-state index is 12.7. The Hall–Kier alpha value is -2.44. The topological polar surface area (TPSA) is 71.1 Å². The molecule has 0 saturated carbocycles. The minimum Gasteiger partial charge on any atom is -0.493 e. The summed E-state index contributed by atoms with van der Waals surface area (Å²) in [5, 5.41) is 3.00. The van der Waals surface area contributed by atoms with Crippen molar-refractivity contribution in [3.63, 3.8) is 0 Å². The van der Waals surface area contributed by atoms with Crippen LogP contribution in [0.4, 0.5) is 4.79 Å². The lowest BCUT2D eigenvalue weighted by Crippen LogP contribution is -2.43. The van der Waals surface area contributed by atoms with Gasteiger partial charge < -0.3 is 24.6 Å². The zero-order valence-electron chi connectivity index (χ0n) is 15.5. The SMILES string of the molecule is CCN1C[C@H](CNC(=O)N2CCCOc3c(cccc3OC)C2)CC1=O. The molecule has 7 heteroatoms. The monoisotopic (exact) mass is 361 g/mol. The number of amides is 3. The Morgan fingerprint density at radius 3 is 3.00 bits per heavy atom. The number of hydrogen-bond donors (Lipinski definition) is 1. The average molecular weight is 361 g/mol. The number of carbonyl (C=O) groups is 2. The molecule has 0 unspecified atom stereocenters. The van der Waals surface area contributed by atoms with Crippen molar-refractivity contribution in [2.45, 2.75) is 26.3 Å². The van der Waals surface area contributed by atoms with Crippen LogP contribution in [0.15, 0.2) is 18.2 Å². The zero-order chi connectivity index (χ0) is 18.5. The van der Waals surface area contributed by atoms with Gasteiger partial charge in [-0.2, -0.15) is 0 Å². The van der Waals surface area contributed by atoms with Gasteiger partial charge in [0.15, 0.2) is 11.5 Å². The highest BCUT2D eigenvalue weighted by molar-refractivity contribution is 5.79. The van der Waals surface area contributed by atoms with Gasteiger partial charge in [-0.1, -0.05) is 12.1 Å². The molecule has 7 nitrogen and oxygen atoms in total. The number of hydrogen-bond acceptors (Lipinski definition) is 4. The second-order valence-corrected chi connectivity index (χ2v) is 6.76. The molecule has 0 radical (unpaired) electrons. The molecule has 1 aromatic rings. The smallest absolute Gasteiger partial charge is 0.317 e. The number of benzene rings is 1. The quantitative estimate of drug-likeness (QED) is 0.889. The summed E-state index contributed by atoms with van der Waals surface area (Å²) in [7, 11) is 1.62. The molecule has 1 aromatic carbocycles. The van der Waals surface area contributed by atoms with Crippen LogP contribution in [0.1, 0.15) is 25.3 Å². The Morgan fingerprint density at radius 1 is 1.42 bits per heavy atom. The average Bonchev–Trinajstić information content (AvgIpc) is 2.99. The summed E-state index contributed by atoms with van der Waals surface area (Å²) >= 11 is 0. The maximum atomic E-state index is 12.7. The molecule has 1 atom stereocenters. The fraction of sp³-hybridized carbons (Fsp3) is 0.579. The van der Waals surface area contributed by atoms with Gasteiger partial charge >= 0.3 is 6.03 Å². The Morgan fingerprint density at radius 2 is 2.27 bits per heavy atom. The van der Waals surface area contributed by atoms with Crippen LogP contribution < -0.4 is 14.8 Å². The predicted molar refractivity (Wildman–Crippen MR) is 97.3 cm³/mol. The number of rotatable bonds is 4. The third-order valence-electron chi connectivity index (χ3n) is 4.97. The molecule has 1 saturated heterocycles. The molecule has 0 aromatic heterocycles. The Bertz CT molecular complexity index is 664. The third-order valence-corrected chi connectivity index (χ3v) is 4.97. The number of fused-ring (bicyclic) bond motifs is 1. The van der Waals surface area contributed by atoms with Crippen LogP contribution in [0.25, 0.3) is 0 Å². The van der Waals surface area contributed by atoms with E-state index in [4.69, 9.17) is 9.47 Å². The second kappa shape index (κ2) is 8.29. The van der Waals surface area contributed by atoms with Gasteiger partial charge in [0.05, 0.1) is 20.3 Å². The van der Waals surface area contributed by atoms with E-state index in [0.717, 1.165) is 25.1 Å². The van der Waals surface area contributed by atoms with Crippen molar-refractivity contribution in [1.29, 1.82) is 0 Å². The van der Waals surface area contributed by atoms with Crippen LogP contribution in [0.5, 0.6) is 11.5 Å². The molecule has 0 aliphatic carbocycles. The number of urea groups is 1. The lowest BCUT2D eigenvalue weighted by atomic mass is 10.1. The molecule has 2 aliphatic heterocycles. The number of methoxy groups -OCH3 is 1. The van der Waals surface area contributed by atoms with Crippen LogP contribution in [0, 0.1) is 5.92 Å². The van der Waals surface area contributed by atoms with Crippen LogP contribution in [0.2, 0.25) is 0 Å². The van der Waals surface area contributed by atoms with Gasteiger partial charge in [0, 0.05) is 44.1 Å². The Kier molecular flexibility index (Phi) is 5.85. The Balaban J connectivity index is 1.61. The number of ether oxygens (including phenoxy) is 2. The van der Waals surface area contributed by atoms with Gasteiger partial charge in [-0.15, -0.1) is 0 Å². The van der Waals surface area contributed by atoms with Crippen molar-refractivity contribution >= 4 is 11.9 Å². The summed E-state index contributed by atoms with van der Waals surface area (Å²) in [5.74, 6) is 1.77. The van der Waals surface area contributed by atoms with E-state index in [1.165, 1.54) is 0 Å². The van der Waals surface area contributed by atoms with E-state index in [0.29, 0.717) is 44.2 Å². The van der Waals surface area contributed by atoms with E-state index in [1.54, 1.807) is 12.0 Å². The number of nitrogens with one attached hydrogen (secondary N) is 1. The summed E-state index contributed by atoms with van der Waals surface area (Å²) in [6.45, 7) is 5.61. The fourth-order valence-corrected chi connectivity index (χ4v) is 3.54. The Labute approximate surface area is 154 Å². The predicted octanol–water partition coefficient (Wildman–Crippen LogP) is 1.86. The van der Waals surface area contributed by atoms with Crippen LogP contribution in [0.3, 0.4) is 0 Å². The molecule has 3 rings (SSSR count). The summed E-state index contributed by atoms with van der Waals surface area (Å²) < 4.78 is 11.2. The first-order valence-electron chi connectivity index (χ1n) is 9.21. The molecule has 2 heterocycles. The molecule has 1 N–H and O–H groups in total. The van der Waals surface area contributed by atoms with Gasteiger partial charge in [-0.05, 0) is 19.4 Å². The normalized spacial score (nSPS) is 20.1. The lowest BCUT2D eigenvalue weighted by molar-refractivity contribution is -0.127. The van der Waals surface area contributed by atoms with Crippen molar-refractivity contribution in [2.24, 2.45) is 5.92 Å². The second-order valence-electron chi connectivity index (χ2n) is 6.76. The lowest BCUT2D eigenvalue weighted by Gasteiger charge is -2.28. The summed E-state index contributed by atoms with van der Waals surface area (Å²) in [4.78, 5) is 28.1. The minimum absolute atomic E-state index is 0.0944. The van der Waals surface area contributed by atoms with E-state index in [1.807, 2.05) is 30.0 Å². The van der Waals surface area contributed by atoms with Crippen LogP contribution in [-0.4, -0.2) is 61.6 Å². The van der Waals surface area contributed by atoms with E-state index in [9.17, 15) is 9.59 Å². The highest BCUT2D eigenvalue weighted by atomic mass is 16.5. The number of para-hydroxylation sites is 1. The summed E-state index contributed by atoms with van der Waals surface area (Å²) in [5.41, 5.74) is 0.937. The largest absolute Gasteiger partial charge is 0.493 e. The van der Waals surface area contributed by atoms with Crippen LogP contribution >= 0.6 is 0 Å².